The molecule has 1 aromatic carbocycles. The Labute approximate surface area is 93.6 Å². The number of aromatic hydroxyl groups is 1. The van der Waals surface area contributed by atoms with Crippen LogP contribution in [0.3, 0.4) is 0 Å². The Morgan fingerprint density at radius 3 is 2.87 bits per heavy atom. The molecule has 1 aromatic rings. The van der Waals surface area contributed by atoms with Crippen molar-refractivity contribution in [1.29, 1.82) is 0 Å². The summed E-state index contributed by atoms with van der Waals surface area (Å²) in [5.74, 6) is 0.653. The fourth-order valence-corrected chi connectivity index (χ4v) is 1.79. The van der Waals surface area contributed by atoms with E-state index in [1.165, 1.54) is 12.1 Å². The van der Waals surface area contributed by atoms with Crippen molar-refractivity contribution in [3.05, 3.63) is 23.2 Å². The maximum Gasteiger partial charge on any atom is 0.199 e. The number of hydrogen-bond acceptors (Lipinski definition) is 3. The molecule has 0 bridgehead atoms. The molecule has 0 aromatic heterocycles. The van der Waals surface area contributed by atoms with Gasteiger partial charge in [0, 0.05) is 17.5 Å². The minimum atomic E-state index is -0.211. The highest BCUT2D eigenvalue weighted by Crippen LogP contribution is 2.27. The number of hydrogen-bond donors (Lipinski definition) is 1. The third kappa shape index (κ3) is 3.01. The van der Waals surface area contributed by atoms with Crippen LogP contribution in [0.4, 0.5) is 0 Å². The quantitative estimate of drug-likeness (QED) is 0.846. The minimum absolute atomic E-state index is 0.105. The van der Waals surface area contributed by atoms with E-state index in [2.05, 4.69) is 0 Å². The van der Waals surface area contributed by atoms with Crippen molar-refractivity contribution in [3.8, 4) is 11.5 Å². The molecule has 1 aliphatic rings. The minimum Gasteiger partial charge on any atom is -0.508 e. The molecule has 1 aliphatic heterocycles. The number of benzene rings is 1. The van der Waals surface area contributed by atoms with Gasteiger partial charge in [0.05, 0.1) is 6.61 Å². The van der Waals surface area contributed by atoms with Crippen LogP contribution in [-0.4, -0.2) is 18.0 Å². The Hall–Kier alpha value is -0.930. The summed E-state index contributed by atoms with van der Waals surface area (Å²) in [7, 11) is 0. The predicted octanol–water partition coefficient (Wildman–Crippen LogP) is 2.95. The largest absolute Gasteiger partial charge is 0.508 e. The summed E-state index contributed by atoms with van der Waals surface area (Å²) in [6.45, 7) is 0.733. The Balaban J connectivity index is 2.02. The molecule has 1 saturated heterocycles. The molecule has 15 heavy (non-hydrogen) atoms. The molecule has 1 fully saturated rings. The summed E-state index contributed by atoms with van der Waals surface area (Å²) >= 11 is 5.79. The van der Waals surface area contributed by atoms with Gasteiger partial charge in [-0.1, -0.05) is 11.6 Å². The lowest BCUT2D eigenvalue weighted by Crippen LogP contribution is -2.24. The van der Waals surface area contributed by atoms with Gasteiger partial charge in [-0.15, -0.1) is 0 Å². The molecular formula is C11H13ClO3. The predicted molar refractivity (Wildman–Crippen MR) is 57.3 cm³/mol. The standard InChI is InChI=1S/C11H13ClO3/c12-8-5-9(13)7-10(6-8)15-11-3-1-2-4-14-11/h5-7,11,13H,1-4H2. The first kappa shape index (κ1) is 10.6. The van der Waals surface area contributed by atoms with E-state index in [1.807, 2.05) is 0 Å². The Bertz CT molecular complexity index is 314. The molecule has 0 aliphatic carbocycles. The zero-order valence-electron chi connectivity index (χ0n) is 8.28. The highest BCUT2D eigenvalue weighted by Gasteiger charge is 2.15. The van der Waals surface area contributed by atoms with Gasteiger partial charge in [0.25, 0.3) is 0 Å². The van der Waals surface area contributed by atoms with Crippen LogP contribution in [0, 0.1) is 0 Å². The number of rotatable bonds is 2. The molecule has 2 rings (SSSR count). The van der Waals surface area contributed by atoms with Gasteiger partial charge >= 0.3 is 0 Å². The van der Waals surface area contributed by atoms with E-state index in [4.69, 9.17) is 21.1 Å². The van der Waals surface area contributed by atoms with Gasteiger partial charge in [-0.2, -0.15) is 0 Å². The van der Waals surface area contributed by atoms with Crippen LogP contribution in [-0.2, 0) is 4.74 Å². The van der Waals surface area contributed by atoms with Crippen LogP contribution >= 0.6 is 11.6 Å². The van der Waals surface area contributed by atoms with E-state index in [0.717, 1.165) is 25.9 Å². The molecule has 1 unspecified atom stereocenters. The molecule has 0 radical (unpaired) electrons. The molecule has 4 heteroatoms. The molecule has 82 valence electrons. The molecule has 1 N–H and O–H groups in total. The van der Waals surface area contributed by atoms with Crippen molar-refractivity contribution >= 4 is 11.6 Å². The highest BCUT2D eigenvalue weighted by atomic mass is 35.5. The van der Waals surface area contributed by atoms with Crippen molar-refractivity contribution in [2.75, 3.05) is 6.61 Å². The maximum atomic E-state index is 9.32. The Morgan fingerprint density at radius 1 is 1.33 bits per heavy atom. The summed E-state index contributed by atoms with van der Waals surface area (Å²) in [5.41, 5.74) is 0. The van der Waals surface area contributed by atoms with E-state index < -0.39 is 0 Å². The molecule has 3 nitrogen and oxygen atoms in total. The van der Waals surface area contributed by atoms with E-state index in [1.54, 1.807) is 6.07 Å². The van der Waals surface area contributed by atoms with Gasteiger partial charge in [0.15, 0.2) is 6.29 Å². The van der Waals surface area contributed by atoms with Crippen molar-refractivity contribution < 1.29 is 14.6 Å². The normalized spacial score (nSPS) is 21.3. The van der Waals surface area contributed by atoms with E-state index in [-0.39, 0.29) is 12.0 Å². The number of phenols is 1. The number of ether oxygens (including phenoxy) is 2. The smallest absolute Gasteiger partial charge is 0.199 e. The van der Waals surface area contributed by atoms with Crippen LogP contribution in [0.1, 0.15) is 19.3 Å². The summed E-state index contributed by atoms with van der Waals surface area (Å²) < 4.78 is 11.0. The van der Waals surface area contributed by atoms with E-state index in [9.17, 15) is 5.11 Å². The van der Waals surface area contributed by atoms with Crippen LogP contribution in [0.2, 0.25) is 5.02 Å². The number of phenolic OH excluding ortho intramolecular Hbond substituents is 1. The monoisotopic (exact) mass is 228 g/mol. The first-order valence-corrected chi connectivity index (χ1v) is 5.40. The summed E-state index contributed by atoms with van der Waals surface area (Å²) in [6.07, 6.45) is 2.86. The fraction of sp³-hybridized carbons (Fsp3) is 0.455. The average Bonchev–Trinajstić information content (AvgIpc) is 2.17. The SMILES string of the molecule is Oc1cc(Cl)cc(OC2CCCCO2)c1. The van der Waals surface area contributed by atoms with E-state index in [0.29, 0.717) is 10.8 Å². The van der Waals surface area contributed by atoms with Crippen LogP contribution < -0.4 is 4.74 Å². The van der Waals surface area contributed by atoms with Gasteiger partial charge in [-0.05, 0) is 25.0 Å². The molecule has 0 amide bonds. The third-order valence-electron chi connectivity index (χ3n) is 2.26. The van der Waals surface area contributed by atoms with Gasteiger partial charge in [0.2, 0.25) is 0 Å². The van der Waals surface area contributed by atoms with Crippen LogP contribution in [0.15, 0.2) is 18.2 Å². The fourth-order valence-electron chi connectivity index (χ4n) is 1.57. The van der Waals surface area contributed by atoms with Crippen molar-refractivity contribution in [2.24, 2.45) is 0 Å². The average molecular weight is 229 g/mol. The van der Waals surface area contributed by atoms with Crippen LogP contribution in [0.5, 0.6) is 11.5 Å². The van der Waals surface area contributed by atoms with E-state index >= 15 is 0 Å². The molecule has 0 spiro atoms. The molecule has 1 heterocycles. The first-order chi connectivity index (χ1) is 7.24. The molecule has 1 atom stereocenters. The second-order valence-corrected chi connectivity index (χ2v) is 4.00. The summed E-state index contributed by atoms with van der Waals surface area (Å²) in [4.78, 5) is 0. The van der Waals surface area contributed by atoms with Gasteiger partial charge in [-0.3, -0.25) is 0 Å². The third-order valence-corrected chi connectivity index (χ3v) is 2.48. The van der Waals surface area contributed by atoms with Crippen molar-refractivity contribution in [3.63, 3.8) is 0 Å². The zero-order chi connectivity index (χ0) is 10.7. The first-order valence-electron chi connectivity index (χ1n) is 5.02. The lowest BCUT2D eigenvalue weighted by Gasteiger charge is -2.23. The van der Waals surface area contributed by atoms with Gasteiger partial charge < -0.3 is 14.6 Å². The van der Waals surface area contributed by atoms with Gasteiger partial charge in [-0.25, -0.2) is 0 Å². The molecule has 0 saturated carbocycles. The number of halogens is 1. The highest BCUT2D eigenvalue weighted by molar-refractivity contribution is 6.30. The summed E-state index contributed by atoms with van der Waals surface area (Å²) in [5, 5.41) is 9.78. The Morgan fingerprint density at radius 2 is 2.20 bits per heavy atom. The zero-order valence-corrected chi connectivity index (χ0v) is 9.04. The Kier molecular flexibility index (Phi) is 3.34. The van der Waals surface area contributed by atoms with Crippen LogP contribution in [0.25, 0.3) is 0 Å². The second kappa shape index (κ2) is 4.73. The maximum absolute atomic E-state index is 9.32. The molecular weight excluding hydrogens is 216 g/mol. The van der Waals surface area contributed by atoms with Crippen molar-refractivity contribution in [1.82, 2.24) is 0 Å². The summed E-state index contributed by atoms with van der Waals surface area (Å²) in [6, 6.07) is 4.67. The van der Waals surface area contributed by atoms with Gasteiger partial charge in [0.1, 0.15) is 11.5 Å². The second-order valence-electron chi connectivity index (χ2n) is 3.56. The van der Waals surface area contributed by atoms with Crippen molar-refractivity contribution in [2.45, 2.75) is 25.6 Å². The topological polar surface area (TPSA) is 38.7 Å². The lowest BCUT2D eigenvalue weighted by molar-refractivity contribution is -0.105. The lowest BCUT2D eigenvalue weighted by atomic mass is 10.2.